The Kier molecular flexibility index (Phi) is 8.88. The lowest BCUT2D eigenvalue weighted by Crippen LogP contribution is -2.13. The number of amidine groups is 2. The van der Waals surface area contributed by atoms with Crippen LogP contribution in [-0.2, 0) is 13.0 Å². The number of hydrogen-bond donors (Lipinski definition) is 2. The van der Waals surface area contributed by atoms with Crippen molar-refractivity contribution in [3.63, 3.8) is 0 Å². The van der Waals surface area contributed by atoms with Gasteiger partial charge in [0.25, 0.3) is 0 Å². The van der Waals surface area contributed by atoms with E-state index in [9.17, 15) is 0 Å². The number of nitrogens with zero attached hydrogens (tertiary/aromatic N) is 2. The molecule has 7 aromatic carbocycles. The molecule has 0 atom stereocenters. The Hall–Kier alpha value is -6.26. The highest BCUT2D eigenvalue weighted by molar-refractivity contribution is 6.16. The molecule has 0 bridgehead atoms. The maximum absolute atomic E-state index is 6.50. The lowest BCUT2D eigenvalue weighted by Gasteiger charge is -2.17. The van der Waals surface area contributed by atoms with Gasteiger partial charge in [0.15, 0.2) is 0 Å². The van der Waals surface area contributed by atoms with Crippen LogP contribution in [0.25, 0.3) is 38.4 Å². The number of allylic oxidation sites excluding steroid dienone is 1. The van der Waals surface area contributed by atoms with Gasteiger partial charge in [-0.2, -0.15) is 0 Å². The first-order valence-corrected chi connectivity index (χ1v) is 16.2. The first-order valence-electron chi connectivity index (χ1n) is 16.2. The van der Waals surface area contributed by atoms with Gasteiger partial charge in [0.05, 0.1) is 12.2 Å². The van der Waals surface area contributed by atoms with Crippen LogP contribution in [0.4, 0.5) is 0 Å². The van der Waals surface area contributed by atoms with Gasteiger partial charge >= 0.3 is 0 Å². The average Bonchev–Trinajstić information content (AvgIpc) is 3.16. The van der Waals surface area contributed by atoms with Gasteiger partial charge in [-0.05, 0) is 55.8 Å². The number of aliphatic imine (C=N–C) groups is 2. The quantitative estimate of drug-likeness (QED) is 0.0958. The van der Waals surface area contributed by atoms with Crippen molar-refractivity contribution in [2.24, 2.45) is 21.5 Å². The van der Waals surface area contributed by atoms with Crippen molar-refractivity contribution in [3.05, 3.63) is 198 Å². The van der Waals surface area contributed by atoms with Gasteiger partial charge in [-0.1, -0.05) is 170 Å². The van der Waals surface area contributed by atoms with Crippen LogP contribution in [0.5, 0.6) is 0 Å². The molecule has 232 valence electrons. The van der Waals surface area contributed by atoms with Crippen molar-refractivity contribution in [1.82, 2.24) is 0 Å². The summed E-state index contributed by atoms with van der Waals surface area (Å²) in [6.45, 7) is 0.465. The Morgan fingerprint density at radius 3 is 1.56 bits per heavy atom. The zero-order valence-electron chi connectivity index (χ0n) is 26.6. The topological polar surface area (TPSA) is 76.8 Å². The van der Waals surface area contributed by atoms with Crippen molar-refractivity contribution in [2.45, 2.75) is 13.0 Å². The average molecular weight is 621 g/mol. The summed E-state index contributed by atoms with van der Waals surface area (Å²) in [5.74, 6) is 1.03. The summed E-state index contributed by atoms with van der Waals surface area (Å²) in [5, 5.41) is 4.82. The predicted molar refractivity (Wildman–Crippen MR) is 203 cm³/mol. The van der Waals surface area contributed by atoms with E-state index < -0.39 is 0 Å². The molecule has 0 aliphatic heterocycles. The predicted octanol–water partition coefficient (Wildman–Crippen LogP) is 9.55. The van der Waals surface area contributed by atoms with Gasteiger partial charge in [0.2, 0.25) is 0 Å². The number of fused-ring (bicyclic) bond motifs is 3. The highest BCUT2D eigenvalue weighted by Gasteiger charge is 2.16. The molecule has 4 heteroatoms. The molecule has 0 saturated carbocycles. The summed E-state index contributed by atoms with van der Waals surface area (Å²) in [4.78, 5) is 9.77. The number of hydrogen-bond acceptors (Lipinski definition) is 2. The fourth-order valence-corrected chi connectivity index (χ4v) is 6.23. The third-order valence-electron chi connectivity index (χ3n) is 8.67. The Morgan fingerprint density at radius 1 is 0.479 bits per heavy atom. The zero-order valence-corrected chi connectivity index (χ0v) is 26.6. The second-order valence-electron chi connectivity index (χ2n) is 11.7. The summed E-state index contributed by atoms with van der Waals surface area (Å²) in [6, 6.07) is 56.1. The molecule has 4 nitrogen and oxygen atoms in total. The molecule has 0 aliphatic carbocycles. The molecule has 0 spiro atoms. The second-order valence-corrected chi connectivity index (χ2v) is 11.7. The normalized spacial score (nSPS) is 12.5. The lowest BCUT2D eigenvalue weighted by molar-refractivity contribution is 1.08. The second kappa shape index (κ2) is 14.0. The van der Waals surface area contributed by atoms with E-state index >= 15 is 0 Å². The molecular formula is C44H36N4. The molecule has 0 fully saturated rings. The van der Waals surface area contributed by atoms with Crippen LogP contribution >= 0.6 is 0 Å². The molecule has 7 rings (SSSR count). The molecule has 0 heterocycles. The van der Waals surface area contributed by atoms with E-state index in [1.807, 2.05) is 78.9 Å². The number of benzene rings is 7. The molecule has 4 N–H and O–H groups in total. The van der Waals surface area contributed by atoms with E-state index in [4.69, 9.17) is 21.5 Å². The minimum absolute atomic E-state index is 0.465. The van der Waals surface area contributed by atoms with Crippen molar-refractivity contribution < 1.29 is 0 Å². The van der Waals surface area contributed by atoms with Crippen LogP contribution in [0.3, 0.4) is 0 Å². The molecule has 0 aromatic heterocycles. The fraction of sp³-hybridized carbons (Fsp3) is 0.0455. The van der Waals surface area contributed by atoms with E-state index in [2.05, 4.69) is 91.0 Å². The highest BCUT2D eigenvalue weighted by Crippen LogP contribution is 2.39. The summed E-state index contributed by atoms with van der Waals surface area (Å²) in [7, 11) is 0. The molecular weight excluding hydrogens is 585 g/mol. The fourth-order valence-electron chi connectivity index (χ4n) is 6.23. The zero-order chi connectivity index (χ0) is 32.7. The van der Waals surface area contributed by atoms with Crippen LogP contribution < -0.4 is 11.5 Å². The first kappa shape index (κ1) is 30.4. The molecule has 0 aliphatic rings. The number of rotatable bonds is 9. The first-order chi connectivity index (χ1) is 23.7. The van der Waals surface area contributed by atoms with E-state index in [1.165, 1.54) is 32.7 Å². The summed E-state index contributed by atoms with van der Waals surface area (Å²) in [5.41, 5.74) is 21.3. The largest absolute Gasteiger partial charge is 0.383 e. The van der Waals surface area contributed by atoms with E-state index in [1.54, 1.807) is 0 Å². The molecule has 0 saturated heterocycles. The van der Waals surface area contributed by atoms with Crippen molar-refractivity contribution in [2.75, 3.05) is 0 Å². The van der Waals surface area contributed by atoms with Crippen LogP contribution in [0.2, 0.25) is 0 Å². The monoisotopic (exact) mass is 620 g/mol. The smallest absolute Gasteiger partial charge is 0.131 e. The van der Waals surface area contributed by atoms with Gasteiger partial charge in [-0.25, -0.2) is 4.99 Å². The van der Waals surface area contributed by atoms with Gasteiger partial charge in [0, 0.05) is 11.1 Å². The Balaban J connectivity index is 1.28. The maximum atomic E-state index is 6.50. The minimum Gasteiger partial charge on any atom is -0.383 e. The van der Waals surface area contributed by atoms with E-state index in [-0.39, 0.29) is 0 Å². The third-order valence-corrected chi connectivity index (χ3v) is 8.67. The summed E-state index contributed by atoms with van der Waals surface area (Å²) < 4.78 is 0. The van der Waals surface area contributed by atoms with Gasteiger partial charge < -0.3 is 11.5 Å². The van der Waals surface area contributed by atoms with Crippen LogP contribution in [0, 0.1) is 0 Å². The van der Waals surface area contributed by atoms with E-state index in [0.29, 0.717) is 24.6 Å². The Labute approximate surface area is 281 Å². The molecule has 0 unspecified atom stereocenters. The van der Waals surface area contributed by atoms with Crippen molar-refractivity contribution in [1.29, 1.82) is 0 Å². The molecule has 7 aromatic rings. The Bertz CT molecular complexity index is 2270. The van der Waals surface area contributed by atoms with Crippen LogP contribution in [0.15, 0.2) is 180 Å². The third kappa shape index (κ3) is 6.51. The van der Waals surface area contributed by atoms with Gasteiger partial charge in [-0.3, -0.25) is 4.99 Å². The van der Waals surface area contributed by atoms with Gasteiger partial charge in [-0.15, -0.1) is 0 Å². The number of nitrogens with two attached hydrogens (primary N) is 2. The van der Waals surface area contributed by atoms with Crippen molar-refractivity contribution in [3.8, 4) is 11.1 Å². The maximum Gasteiger partial charge on any atom is 0.131 e. The van der Waals surface area contributed by atoms with Crippen LogP contribution in [-0.4, -0.2) is 11.7 Å². The molecule has 0 radical (unpaired) electrons. The minimum atomic E-state index is 0.465. The standard InChI is InChI=1S/C44H36N4/c45-43(34-16-6-2-7-17-34)47-30-40-38-22-11-10-20-36(38)37-21-12-13-23-39(37)42(40)33-27-24-31(25-28-33)26-29-41(32-14-4-1-5-15-32)48-44(46)35-18-8-3-9-19-35/h1-25,27-29H,26,30H2,(H2,45,47)(H2,46,48)/b41-29-. The molecule has 0 amide bonds. The SMILES string of the molecule is N/C(=N\Cc1c(-c2ccc(C/C=C(\N=C(/N)c3ccccc3)c3ccccc3)cc2)c2ccccc2c2ccccc12)c1ccccc1. The van der Waals surface area contributed by atoms with E-state index in [0.717, 1.165) is 33.5 Å². The molecule has 48 heavy (non-hydrogen) atoms. The van der Waals surface area contributed by atoms with Crippen LogP contribution in [0.1, 0.15) is 27.8 Å². The lowest BCUT2D eigenvalue weighted by atomic mass is 9.87. The summed E-state index contributed by atoms with van der Waals surface area (Å²) in [6.07, 6.45) is 2.86. The van der Waals surface area contributed by atoms with Crippen molar-refractivity contribution >= 4 is 38.9 Å². The Morgan fingerprint density at radius 2 is 0.958 bits per heavy atom. The summed E-state index contributed by atoms with van der Waals surface area (Å²) >= 11 is 0. The van der Waals surface area contributed by atoms with Gasteiger partial charge in [0.1, 0.15) is 11.7 Å². The highest BCUT2D eigenvalue weighted by atomic mass is 14.9.